The van der Waals surface area contributed by atoms with Gasteiger partial charge in [-0.05, 0) is 55.3 Å². The van der Waals surface area contributed by atoms with Crippen molar-refractivity contribution in [2.75, 3.05) is 41.9 Å². The molecule has 1 unspecified atom stereocenters. The number of benzene rings is 2. The molecule has 9 heteroatoms. The van der Waals surface area contributed by atoms with Crippen LogP contribution in [0.2, 0.25) is 5.02 Å². The molecule has 0 radical (unpaired) electrons. The number of ether oxygens (including phenoxy) is 1. The molecule has 35 heavy (non-hydrogen) atoms. The van der Waals surface area contributed by atoms with Gasteiger partial charge in [-0.2, -0.15) is 0 Å². The standard InChI is InChI=1S/C26H31ClN6O2/c27-18-15-21(29-20-8-6-19(28)7-9-20)25-22(16-18)30-26(33(25)31-11-13-35-14-12-31)32-23-4-2-1-3-17(23)5-10-24(32)34/h1-5,10,15-16,19-20,26,29-30H,6-9,11-14,28H2. The van der Waals surface area contributed by atoms with Gasteiger partial charge in [0.2, 0.25) is 0 Å². The van der Waals surface area contributed by atoms with E-state index >= 15 is 0 Å². The molecule has 184 valence electrons. The molecule has 3 aromatic rings. The number of hydrogen-bond acceptors (Lipinski definition) is 7. The van der Waals surface area contributed by atoms with Gasteiger partial charge in [0.05, 0.1) is 30.1 Å². The van der Waals surface area contributed by atoms with Crippen molar-refractivity contribution < 1.29 is 4.74 Å². The minimum absolute atomic E-state index is 0.0610. The van der Waals surface area contributed by atoms with Crippen molar-refractivity contribution in [2.45, 2.75) is 44.1 Å². The molecular weight excluding hydrogens is 464 g/mol. The monoisotopic (exact) mass is 494 g/mol. The minimum atomic E-state index is -0.430. The van der Waals surface area contributed by atoms with Gasteiger partial charge in [0, 0.05) is 36.3 Å². The molecule has 2 fully saturated rings. The molecule has 2 aromatic carbocycles. The summed E-state index contributed by atoms with van der Waals surface area (Å²) in [7, 11) is 0. The smallest absolute Gasteiger partial charge is 0.254 e. The van der Waals surface area contributed by atoms with Crippen LogP contribution in [0.1, 0.15) is 32.0 Å². The molecule has 0 bridgehead atoms. The fourth-order valence-electron chi connectivity index (χ4n) is 5.57. The summed E-state index contributed by atoms with van der Waals surface area (Å²) in [5.74, 6) is 0. The van der Waals surface area contributed by atoms with Crippen molar-refractivity contribution in [3.8, 4) is 0 Å². The van der Waals surface area contributed by atoms with Crippen LogP contribution in [0, 0.1) is 0 Å². The van der Waals surface area contributed by atoms with Gasteiger partial charge >= 0.3 is 0 Å². The Labute approximate surface area is 209 Å². The maximum absolute atomic E-state index is 13.3. The zero-order chi connectivity index (χ0) is 23.9. The van der Waals surface area contributed by atoms with Crippen LogP contribution in [0.15, 0.2) is 53.3 Å². The van der Waals surface area contributed by atoms with E-state index in [9.17, 15) is 4.79 Å². The Morgan fingerprint density at radius 2 is 1.80 bits per heavy atom. The Morgan fingerprint density at radius 3 is 2.60 bits per heavy atom. The average molecular weight is 495 g/mol. The third kappa shape index (κ3) is 4.25. The number of rotatable bonds is 4. The Bertz CT molecular complexity index is 1280. The second-order valence-corrected chi connectivity index (χ2v) is 10.1. The van der Waals surface area contributed by atoms with Gasteiger partial charge in [-0.3, -0.25) is 14.4 Å². The van der Waals surface area contributed by atoms with E-state index in [4.69, 9.17) is 22.1 Å². The van der Waals surface area contributed by atoms with Gasteiger partial charge in [-0.25, -0.2) is 5.01 Å². The first-order chi connectivity index (χ1) is 17.1. The first-order valence-corrected chi connectivity index (χ1v) is 12.8. The van der Waals surface area contributed by atoms with E-state index in [0.717, 1.165) is 66.7 Å². The molecule has 1 aromatic heterocycles. The third-order valence-electron chi connectivity index (χ3n) is 7.33. The van der Waals surface area contributed by atoms with Crippen molar-refractivity contribution in [3.63, 3.8) is 0 Å². The fourth-order valence-corrected chi connectivity index (χ4v) is 5.79. The number of fused-ring (bicyclic) bond motifs is 2. The molecule has 0 amide bonds. The van der Waals surface area contributed by atoms with Gasteiger partial charge in [0.1, 0.15) is 5.69 Å². The first kappa shape index (κ1) is 22.7. The predicted molar refractivity (Wildman–Crippen MR) is 141 cm³/mol. The molecule has 1 atom stereocenters. The number of hydrogen-bond donors (Lipinski definition) is 3. The van der Waals surface area contributed by atoms with Crippen LogP contribution >= 0.6 is 11.6 Å². The SMILES string of the molecule is NC1CCC(Nc2cc(Cl)cc3c2N(N2CCOCC2)C(n2c(=O)ccc4ccccc42)N3)CC1. The minimum Gasteiger partial charge on any atom is -0.380 e. The van der Waals surface area contributed by atoms with Crippen LogP contribution in [-0.4, -0.2) is 48.0 Å². The van der Waals surface area contributed by atoms with Crippen molar-refractivity contribution in [3.05, 3.63) is 63.9 Å². The average Bonchev–Trinajstić information content (AvgIpc) is 3.24. The second-order valence-electron chi connectivity index (χ2n) is 9.63. The van der Waals surface area contributed by atoms with Crippen LogP contribution < -0.4 is 26.9 Å². The molecule has 0 spiro atoms. The lowest BCUT2D eigenvalue weighted by Crippen LogP contribution is -2.53. The van der Waals surface area contributed by atoms with E-state index in [-0.39, 0.29) is 11.6 Å². The van der Waals surface area contributed by atoms with Crippen LogP contribution in [0.25, 0.3) is 10.9 Å². The number of para-hydroxylation sites is 1. The lowest BCUT2D eigenvalue weighted by atomic mass is 9.91. The molecule has 1 saturated carbocycles. The summed E-state index contributed by atoms with van der Waals surface area (Å²) < 4.78 is 7.49. The summed E-state index contributed by atoms with van der Waals surface area (Å²) in [5, 5.41) is 13.6. The number of aromatic nitrogens is 1. The quantitative estimate of drug-likeness (QED) is 0.505. The molecule has 3 aliphatic rings. The van der Waals surface area contributed by atoms with E-state index in [1.54, 1.807) is 6.07 Å². The van der Waals surface area contributed by atoms with Gasteiger partial charge in [0.25, 0.3) is 5.56 Å². The summed E-state index contributed by atoms with van der Waals surface area (Å²) in [6.07, 6.45) is 3.65. The van der Waals surface area contributed by atoms with E-state index in [2.05, 4.69) is 20.7 Å². The highest BCUT2D eigenvalue weighted by atomic mass is 35.5. The number of nitrogens with zero attached hydrogens (tertiary/aromatic N) is 3. The Balaban J connectivity index is 1.46. The molecule has 8 nitrogen and oxygen atoms in total. The van der Waals surface area contributed by atoms with Crippen molar-refractivity contribution in [1.29, 1.82) is 0 Å². The summed E-state index contributed by atoms with van der Waals surface area (Å²) >= 11 is 6.60. The third-order valence-corrected chi connectivity index (χ3v) is 7.55. The summed E-state index contributed by atoms with van der Waals surface area (Å²) in [6.45, 7) is 2.74. The van der Waals surface area contributed by atoms with Crippen molar-refractivity contribution in [2.24, 2.45) is 5.73 Å². The Hall–Kier alpha value is -2.78. The van der Waals surface area contributed by atoms with Crippen LogP contribution in [-0.2, 0) is 4.74 Å². The summed E-state index contributed by atoms with van der Waals surface area (Å²) in [4.78, 5) is 13.3. The van der Waals surface area contributed by atoms with E-state index in [0.29, 0.717) is 24.3 Å². The van der Waals surface area contributed by atoms with E-state index in [1.165, 1.54) is 0 Å². The topological polar surface area (TPSA) is 87.8 Å². The molecule has 6 rings (SSSR count). The fraction of sp³-hybridized carbons (Fsp3) is 0.423. The second kappa shape index (κ2) is 9.35. The molecular formula is C26H31ClN6O2. The van der Waals surface area contributed by atoms with Gasteiger partial charge in [0.15, 0.2) is 6.29 Å². The van der Waals surface area contributed by atoms with E-state index < -0.39 is 6.29 Å². The van der Waals surface area contributed by atoms with Crippen LogP contribution in [0.4, 0.5) is 17.1 Å². The molecule has 4 N–H and O–H groups in total. The van der Waals surface area contributed by atoms with Crippen molar-refractivity contribution >= 4 is 39.6 Å². The first-order valence-electron chi connectivity index (χ1n) is 12.4. The number of anilines is 3. The molecule has 1 saturated heterocycles. The van der Waals surface area contributed by atoms with Crippen LogP contribution in [0.3, 0.4) is 0 Å². The number of morpholine rings is 1. The van der Waals surface area contributed by atoms with E-state index in [1.807, 2.05) is 47.0 Å². The highest BCUT2D eigenvalue weighted by Gasteiger charge is 2.38. The number of hydrazine groups is 1. The number of pyridine rings is 1. The zero-order valence-electron chi connectivity index (χ0n) is 19.6. The molecule has 3 heterocycles. The summed E-state index contributed by atoms with van der Waals surface area (Å²) in [6, 6.07) is 16.1. The normalized spacial score (nSPS) is 24.9. The zero-order valence-corrected chi connectivity index (χ0v) is 20.4. The highest BCUT2D eigenvalue weighted by Crippen LogP contribution is 2.47. The van der Waals surface area contributed by atoms with Gasteiger partial charge < -0.3 is 21.1 Å². The Kier molecular flexibility index (Phi) is 6.06. The highest BCUT2D eigenvalue weighted by molar-refractivity contribution is 6.31. The number of halogens is 1. The maximum atomic E-state index is 13.3. The van der Waals surface area contributed by atoms with Gasteiger partial charge in [-0.1, -0.05) is 29.8 Å². The van der Waals surface area contributed by atoms with Crippen molar-refractivity contribution in [1.82, 2.24) is 9.58 Å². The molecule has 1 aliphatic carbocycles. The van der Waals surface area contributed by atoms with Gasteiger partial charge in [-0.15, -0.1) is 0 Å². The molecule has 2 aliphatic heterocycles. The number of nitrogens with one attached hydrogen (secondary N) is 2. The lowest BCUT2D eigenvalue weighted by Gasteiger charge is -2.41. The Morgan fingerprint density at radius 1 is 1.03 bits per heavy atom. The predicted octanol–water partition coefficient (Wildman–Crippen LogP) is 3.97. The number of nitrogens with two attached hydrogens (primary N) is 1. The maximum Gasteiger partial charge on any atom is 0.254 e. The van der Waals surface area contributed by atoms with Crippen LogP contribution in [0.5, 0.6) is 0 Å². The lowest BCUT2D eigenvalue weighted by molar-refractivity contribution is 0.0253. The largest absolute Gasteiger partial charge is 0.380 e. The summed E-state index contributed by atoms with van der Waals surface area (Å²) in [5.41, 5.74) is 9.86.